The van der Waals surface area contributed by atoms with Crippen LogP contribution in [0.15, 0.2) is 36.8 Å². The molecule has 0 N–H and O–H groups in total. The van der Waals surface area contributed by atoms with Crippen LogP contribution in [0.25, 0.3) is 0 Å². The third-order valence-electron chi connectivity index (χ3n) is 4.89. The van der Waals surface area contributed by atoms with Crippen LogP contribution in [0, 0.1) is 0 Å². The Morgan fingerprint density at radius 3 is 2.91 bits per heavy atom. The summed E-state index contributed by atoms with van der Waals surface area (Å²) in [4.78, 5) is 18.2. The van der Waals surface area contributed by atoms with Crippen LogP contribution in [0.1, 0.15) is 36.6 Å². The second kappa shape index (κ2) is 6.24. The number of nitrogens with zero attached hydrogens (tertiary/aromatic N) is 5. The molecule has 2 aromatic rings. The molecule has 2 aliphatic rings. The maximum Gasteiger partial charge on any atom is 0.133 e. The molecule has 0 amide bonds. The minimum atomic E-state index is 0.522. The molecule has 4 rings (SSSR count). The van der Waals surface area contributed by atoms with Crippen molar-refractivity contribution < 1.29 is 0 Å². The highest BCUT2D eigenvalue weighted by Crippen LogP contribution is 2.38. The van der Waals surface area contributed by atoms with Crippen molar-refractivity contribution in [2.75, 3.05) is 25.0 Å². The van der Waals surface area contributed by atoms with Crippen LogP contribution in [0.4, 0.5) is 5.82 Å². The number of hydrogen-bond acceptors (Lipinski definition) is 5. The quantitative estimate of drug-likeness (QED) is 0.849. The van der Waals surface area contributed by atoms with E-state index in [9.17, 15) is 0 Å². The standard InChI is InChI=1S/C18H23N5/c1-22(17-6-9-20-18(21-17)15-4-5-15)16-7-10-23(13-16)12-14-3-2-8-19-11-14/h2-3,6,8-9,11,15-16H,4-5,7,10,12-13H2,1H3. The fourth-order valence-electron chi connectivity index (χ4n) is 3.31. The Hall–Kier alpha value is -2.01. The summed E-state index contributed by atoms with van der Waals surface area (Å²) in [5.41, 5.74) is 1.29. The molecule has 0 radical (unpaired) electrons. The van der Waals surface area contributed by atoms with Gasteiger partial charge in [-0.2, -0.15) is 0 Å². The van der Waals surface area contributed by atoms with Gasteiger partial charge in [0.15, 0.2) is 0 Å². The third-order valence-corrected chi connectivity index (χ3v) is 4.89. The molecule has 0 bridgehead atoms. The van der Waals surface area contributed by atoms with Crippen molar-refractivity contribution in [1.82, 2.24) is 19.9 Å². The van der Waals surface area contributed by atoms with Gasteiger partial charge in [0, 0.05) is 57.2 Å². The zero-order valence-corrected chi connectivity index (χ0v) is 13.6. The molecule has 2 fully saturated rings. The van der Waals surface area contributed by atoms with Gasteiger partial charge in [0.2, 0.25) is 0 Å². The molecule has 120 valence electrons. The fourth-order valence-corrected chi connectivity index (χ4v) is 3.31. The molecule has 1 atom stereocenters. The van der Waals surface area contributed by atoms with Crippen molar-refractivity contribution >= 4 is 5.82 Å². The molecule has 1 saturated heterocycles. The van der Waals surface area contributed by atoms with Crippen molar-refractivity contribution in [2.45, 2.75) is 37.8 Å². The van der Waals surface area contributed by atoms with E-state index in [0.29, 0.717) is 12.0 Å². The number of likely N-dealkylation sites (N-methyl/N-ethyl adjacent to an activating group) is 1. The fraction of sp³-hybridized carbons (Fsp3) is 0.500. The van der Waals surface area contributed by atoms with E-state index in [1.807, 2.05) is 30.7 Å². The van der Waals surface area contributed by atoms with Gasteiger partial charge < -0.3 is 4.90 Å². The molecule has 0 spiro atoms. The highest BCUT2D eigenvalue weighted by molar-refractivity contribution is 5.39. The number of pyridine rings is 1. The van der Waals surface area contributed by atoms with E-state index < -0.39 is 0 Å². The number of anilines is 1. The van der Waals surface area contributed by atoms with Crippen LogP contribution in [0.2, 0.25) is 0 Å². The van der Waals surface area contributed by atoms with E-state index in [4.69, 9.17) is 4.98 Å². The molecular weight excluding hydrogens is 286 g/mol. The summed E-state index contributed by atoms with van der Waals surface area (Å²) in [7, 11) is 2.16. The number of aromatic nitrogens is 3. The molecule has 1 aliphatic heterocycles. The molecule has 0 aromatic carbocycles. The highest BCUT2D eigenvalue weighted by atomic mass is 15.3. The molecule has 5 nitrogen and oxygen atoms in total. The van der Waals surface area contributed by atoms with Crippen molar-refractivity contribution in [3.8, 4) is 0 Å². The zero-order valence-electron chi connectivity index (χ0n) is 13.6. The molecule has 1 aliphatic carbocycles. The average molecular weight is 309 g/mol. The first-order valence-electron chi connectivity index (χ1n) is 8.46. The Bertz CT molecular complexity index is 655. The van der Waals surface area contributed by atoms with Crippen LogP contribution in [0.3, 0.4) is 0 Å². The van der Waals surface area contributed by atoms with Gasteiger partial charge in [-0.1, -0.05) is 6.07 Å². The van der Waals surface area contributed by atoms with Gasteiger partial charge >= 0.3 is 0 Å². The Morgan fingerprint density at radius 2 is 2.13 bits per heavy atom. The van der Waals surface area contributed by atoms with Gasteiger partial charge in [0.05, 0.1) is 0 Å². The van der Waals surface area contributed by atoms with Gasteiger partial charge in [-0.05, 0) is 37.0 Å². The van der Waals surface area contributed by atoms with Crippen LogP contribution in [0.5, 0.6) is 0 Å². The summed E-state index contributed by atoms with van der Waals surface area (Å²) in [6, 6.07) is 6.72. The Balaban J connectivity index is 1.39. The van der Waals surface area contributed by atoms with Crippen molar-refractivity contribution in [2.24, 2.45) is 0 Å². The summed E-state index contributed by atoms with van der Waals surface area (Å²) in [5.74, 6) is 2.70. The lowest BCUT2D eigenvalue weighted by molar-refractivity contribution is 0.325. The van der Waals surface area contributed by atoms with Crippen LogP contribution >= 0.6 is 0 Å². The Morgan fingerprint density at radius 1 is 1.22 bits per heavy atom. The minimum Gasteiger partial charge on any atom is -0.355 e. The first-order chi connectivity index (χ1) is 11.3. The largest absolute Gasteiger partial charge is 0.355 e. The van der Waals surface area contributed by atoms with E-state index in [1.165, 1.54) is 24.8 Å². The monoisotopic (exact) mass is 309 g/mol. The third kappa shape index (κ3) is 3.34. The maximum absolute atomic E-state index is 4.77. The summed E-state index contributed by atoms with van der Waals surface area (Å²) in [6.07, 6.45) is 9.37. The van der Waals surface area contributed by atoms with E-state index in [2.05, 4.69) is 32.9 Å². The molecule has 1 unspecified atom stereocenters. The second-order valence-corrected chi connectivity index (χ2v) is 6.70. The molecule has 3 heterocycles. The summed E-state index contributed by atoms with van der Waals surface area (Å²) in [5, 5.41) is 0. The Labute approximate surface area is 137 Å². The van der Waals surface area contributed by atoms with Gasteiger partial charge in [-0.3, -0.25) is 9.88 Å². The summed E-state index contributed by atoms with van der Waals surface area (Å²) in [6.45, 7) is 3.19. The van der Waals surface area contributed by atoms with Crippen molar-refractivity contribution in [3.05, 3.63) is 48.2 Å². The van der Waals surface area contributed by atoms with Gasteiger partial charge in [0.25, 0.3) is 0 Å². The zero-order chi connectivity index (χ0) is 15.6. The first-order valence-corrected chi connectivity index (χ1v) is 8.46. The summed E-state index contributed by atoms with van der Waals surface area (Å²) < 4.78 is 0. The SMILES string of the molecule is CN(c1ccnc(C2CC2)n1)C1CCN(Cc2cccnc2)C1. The number of hydrogen-bond donors (Lipinski definition) is 0. The lowest BCUT2D eigenvalue weighted by atomic mass is 10.2. The minimum absolute atomic E-state index is 0.522. The Kier molecular flexibility index (Phi) is 3.95. The molecule has 2 aromatic heterocycles. The smallest absolute Gasteiger partial charge is 0.133 e. The predicted octanol–water partition coefficient (Wildman–Crippen LogP) is 2.46. The first kappa shape index (κ1) is 14.6. The molecule has 1 saturated carbocycles. The van der Waals surface area contributed by atoms with Crippen LogP contribution in [-0.4, -0.2) is 46.0 Å². The summed E-state index contributed by atoms with van der Waals surface area (Å²) >= 11 is 0. The van der Waals surface area contributed by atoms with Gasteiger partial charge in [-0.15, -0.1) is 0 Å². The average Bonchev–Trinajstić information content (AvgIpc) is 3.35. The number of rotatable bonds is 5. The van der Waals surface area contributed by atoms with Crippen molar-refractivity contribution in [1.29, 1.82) is 0 Å². The maximum atomic E-state index is 4.77. The topological polar surface area (TPSA) is 45.2 Å². The van der Waals surface area contributed by atoms with E-state index in [-0.39, 0.29) is 0 Å². The molecular formula is C18H23N5. The lowest BCUT2D eigenvalue weighted by Crippen LogP contribution is -2.35. The van der Waals surface area contributed by atoms with Crippen molar-refractivity contribution in [3.63, 3.8) is 0 Å². The molecule has 23 heavy (non-hydrogen) atoms. The van der Waals surface area contributed by atoms with Gasteiger partial charge in [-0.25, -0.2) is 9.97 Å². The lowest BCUT2D eigenvalue weighted by Gasteiger charge is -2.26. The van der Waals surface area contributed by atoms with Crippen LogP contribution in [-0.2, 0) is 6.54 Å². The normalized spacial score (nSPS) is 21.5. The van der Waals surface area contributed by atoms with E-state index >= 15 is 0 Å². The van der Waals surface area contributed by atoms with Gasteiger partial charge in [0.1, 0.15) is 11.6 Å². The number of likely N-dealkylation sites (tertiary alicyclic amines) is 1. The molecule has 5 heteroatoms. The van der Waals surface area contributed by atoms with E-state index in [1.54, 1.807) is 0 Å². The second-order valence-electron chi connectivity index (χ2n) is 6.70. The van der Waals surface area contributed by atoms with Crippen LogP contribution < -0.4 is 4.90 Å². The highest BCUT2D eigenvalue weighted by Gasteiger charge is 2.29. The van der Waals surface area contributed by atoms with E-state index in [0.717, 1.165) is 31.3 Å². The predicted molar refractivity (Wildman–Crippen MR) is 90.3 cm³/mol.